The van der Waals surface area contributed by atoms with Crippen LogP contribution in [-0.2, 0) is 12.8 Å². The number of nitrogens with zero attached hydrogens (tertiary/aromatic N) is 6. The van der Waals surface area contributed by atoms with Crippen LogP contribution < -0.4 is 5.46 Å². The van der Waals surface area contributed by atoms with E-state index in [1.807, 2.05) is 13.0 Å². The Morgan fingerprint density at radius 2 is 1.12 bits per heavy atom. The van der Waals surface area contributed by atoms with Crippen LogP contribution in [0.15, 0.2) is 103 Å². The van der Waals surface area contributed by atoms with E-state index in [-0.39, 0.29) is 12.8 Å². The molecule has 10 nitrogen and oxygen atoms in total. The number of carbonyl (C=O) groups excluding carboxylic acids is 2. The van der Waals surface area contributed by atoms with E-state index in [0.29, 0.717) is 27.1 Å². The van der Waals surface area contributed by atoms with Crippen LogP contribution in [0.4, 0.5) is 17.6 Å². The van der Waals surface area contributed by atoms with Crippen molar-refractivity contribution in [2.75, 3.05) is 0 Å². The summed E-state index contributed by atoms with van der Waals surface area (Å²) >= 11 is 3.10. The molecule has 0 unspecified atom stereocenters. The van der Waals surface area contributed by atoms with Gasteiger partial charge in [-0.2, -0.15) is 0 Å². The van der Waals surface area contributed by atoms with Gasteiger partial charge in [0.25, 0.3) is 0 Å². The number of benzene rings is 2. The fourth-order valence-corrected chi connectivity index (χ4v) is 4.73. The van der Waals surface area contributed by atoms with Gasteiger partial charge < -0.3 is 10.0 Å². The molecule has 0 aliphatic carbocycles. The van der Waals surface area contributed by atoms with Gasteiger partial charge in [-0.05, 0) is 77.3 Å². The summed E-state index contributed by atoms with van der Waals surface area (Å²) in [5, 5.41) is 17.4. The van der Waals surface area contributed by atoms with E-state index in [9.17, 15) is 27.2 Å². The summed E-state index contributed by atoms with van der Waals surface area (Å²) in [4.78, 5) is 47.9. The van der Waals surface area contributed by atoms with E-state index in [1.165, 1.54) is 43.1 Å². The predicted molar refractivity (Wildman–Crippen MR) is 187 cm³/mol. The number of aryl methyl sites for hydroxylation is 2. The number of pyridine rings is 2. The molecule has 2 aromatic carbocycles. The molecule has 4 heterocycles. The van der Waals surface area contributed by atoms with Crippen molar-refractivity contribution in [3.05, 3.63) is 160 Å². The molecule has 0 atom stereocenters. The van der Waals surface area contributed by atoms with Gasteiger partial charge >= 0.3 is 7.12 Å². The maximum absolute atomic E-state index is 13.6. The van der Waals surface area contributed by atoms with Crippen molar-refractivity contribution in [2.24, 2.45) is 0 Å². The predicted octanol–water partition coefficient (Wildman–Crippen LogP) is 5.56. The summed E-state index contributed by atoms with van der Waals surface area (Å²) in [7, 11) is -1.41. The fourth-order valence-electron chi connectivity index (χ4n) is 4.53. The van der Waals surface area contributed by atoms with Gasteiger partial charge in [0, 0.05) is 42.0 Å². The second-order valence-corrected chi connectivity index (χ2v) is 11.7. The first-order valence-corrected chi connectivity index (χ1v) is 16.0. The van der Waals surface area contributed by atoms with E-state index in [2.05, 4.69) is 45.8 Å². The van der Waals surface area contributed by atoms with Gasteiger partial charge in [0.1, 0.15) is 27.9 Å². The highest BCUT2D eigenvalue weighted by atomic mass is 79.9. The Kier molecular flexibility index (Phi) is 14.0. The zero-order valence-electron chi connectivity index (χ0n) is 27.5. The summed E-state index contributed by atoms with van der Waals surface area (Å²) in [5.41, 5.74) is 3.36. The molecule has 0 saturated carbocycles. The average Bonchev–Trinajstić information content (AvgIpc) is 3.10. The summed E-state index contributed by atoms with van der Waals surface area (Å²) < 4.78 is 54.5. The zero-order valence-corrected chi connectivity index (χ0v) is 29.1. The highest BCUT2D eigenvalue weighted by molar-refractivity contribution is 9.10. The lowest BCUT2D eigenvalue weighted by Crippen LogP contribution is -2.32. The minimum absolute atomic E-state index is 0.196. The summed E-state index contributed by atoms with van der Waals surface area (Å²) in [6.45, 7) is 3.73. The molecule has 0 fully saturated rings. The lowest BCUT2D eigenvalue weighted by atomic mass is 9.79. The van der Waals surface area contributed by atoms with Crippen LogP contribution in [-0.4, -0.2) is 58.6 Å². The van der Waals surface area contributed by atoms with E-state index < -0.39 is 53.1 Å². The second kappa shape index (κ2) is 18.6. The first-order chi connectivity index (χ1) is 24.8. The molecule has 0 aliphatic rings. The molecule has 0 bridgehead atoms. The third kappa shape index (κ3) is 10.7. The van der Waals surface area contributed by atoms with Crippen molar-refractivity contribution in [1.82, 2.24) is 29.9 Å². The van der Waals surface area contributed by atoms with Gasteiger partial charge in [0.05, 0.1) is 59.6 Å². The molecule has 264 valence electrons. The standard InChI is InChI=1S/C18H13F2N3O.C12H7BrF2N2O.C6H8BNO2/c1-11-5-6-21-9-13(11)16-10-22-12(8-23-16)7-17(24)18-14(19)3-2-4-15(18)20;13-11-6-16-7(5-17-11)4-10(18)12-8(14)2-1-3-9(12)15;1-5-2-3-8-4-6(5)7(9)10/h2-6,8-10H,7H2,1H3;1-3,5-6H,4H2;2-4,9-10H,1H3. The molecule has 6 rings (SSSR count). The Hall–Kier alpha value is -5.58. The maximum Gasteiger partial charge on any atom is 0.490 e. The molecule has 0 spiro atoms. The number of ketones is 2. The average molecular weight is 775 g/mol. The molecule has 16 heteroatoms. The molecule has 52 heavy (non-hydrogen) atoms. The van der Waals surface area contributed by atoms with Gasteiger partial charge in [-0.3, -0.25) is 34.5 Å². The lowest BCUT2D eigenvalue weighted by molar-refractivity contribution is 0.0975. The van der Waals surface area contributed by atoms with Gasteiger partial charge in [-0.15, -0.1) is 0 Å². The Morgan fingerprint density at radius 1 is 0.635 bits per heavy atom. The number of aromatic nitrogens is 6. The van der Waals surface area contributed by atoms with Gasteiger partial charge in [-0.25, -0.2) is 22.5 Å². The molecule has 2 N–H and O–H groups in total. The summed E-state index contributed by atoms with van der Waals surface area (Å²) in [6, 6.07) is 10.2. The quantitative estimate of drug-likeness (QED) is 0.114. The van der Waals surface area contributed by atoms with Crippen molar-refractivity contribution in [2.45, 2.75) is 26.7 Å². The Bertz CT molecular complexity index is 2120. The fraction of sp³-hybridized carbons (Fsp3) is 0.111. The van der Waals surface area contributed by atoms with Crippen molar-refractivity contribution in [1.29, 1.82) is 0 Å². The normalized spacial score (nSPS) is 10.3. The molecular weight excluding hydrogens is 747 g/mol. The van der Waals surface area contributed by atoms with Crippen LogP contribution in [0.3, 0.4) is 0 Å². The van der Waals surface area contributed by atoms with Crippen LogP contribution in [0.1, 0.15) is 43.2 Å². The van der Waals surface area contributed by atoms with Gasteiger partial charge in [0.2, 0.25) is 0 Å². The zero-order chi connectivity index (χ0) is 37.8. The van der Waals surface area contributed by atoms with Crippen molar-refractivity contribution in [3.63, 3.8) is 0 Å². The van der Waals surface area contributed by atoms with E-state index in [4.69, 9.17) is 10.0 Å². The Labute approximate surface area is 304 Å². The maximum atomic E-state index is 13.6. The topological polar surface area (TPSA) is 152 Å². The Balaban J connectivity index is 0.000000190. The van der Waals surface area contributed by atoms with Gasteiger partial charge in [-0.1, -0.05) is 12.1 Å². The van der Waals surface area contributed by atoms with Crippen molar-refractivity contribution < 1.29 is 37.2 Å². The monoisotopic (exact) mass is 774 g/mol. The molecule has 0 saturated heterocycles. The Morgan fingerprint density at radius 3 is 1.52 bits per heavy atom. The number of hydrogen-bond donors (Lipinski definition) is 2. The van der Waals surface area contributed by atoms with Gasteiger partial charge in [0.15, 0.2) is 11.6 Å². The highest BCUT2D eigenvalue weighted by Crippen LogP contribution is 2.20. The third-order valence-corrected chi connectivity index (χ3v) is 7.63. The number of carbonyl (C=O) groups is 2. The SMILES string of the molecule is Cc1ccncc1-c1cnc(CC(=O)c2c(F)cccc2F)cn1.Cc1ccncc1B(O)O.O=C(Cc1cnc(Br)cn1)c1c(F)cccc1F. The van der Waals surface area contributed by atoms with Crippen molar-refractivity contribution in [3.8, 4) is 11.3 Å². The number of hydrogen-bond acceptors (Lipinski definition) is 10. The molecule has 0 aliphatic heterocycles. The van der Waals surface area contributed by atoms with E-state index >= 15 is 0 Å². The second-order valence-electron chi connectivity index (χ2n) is 10.9. The smallest absolute Gasteiger partial charge is 0.423 e. The summed E-state index contributed by atoms with van der Waals surface area (Å²) in [5.74, 6) is -4.84. The van der Waals surface area contributed by atoms with Crippen LogP contribution in [0.5, 0.6) is 0 Å². The highest BCUT2D eigenvalue weighted by Gasteiger charge is 2.19. The third-order valence-electron chi connectivity index (χ3n) is 7.22. The first kappa shape index (κ1) is 39.2. The molecule has 0 radical (unpaired) electrons. The molecule has 0 amide bonds. The number of Topliss-reactive ketones (excluding diaryl/α,β-unsaturated/α-hetero) is 2. The summed E-state index contributed by atoms with van der Waals surface area (Å²) in [6.07, 6.45) is 11.7. The van der Waals surface area contributed by atoms with E-state index in [0.717, 1.165) is 41.0 Å². The largest absolute Gasteiger partial charge is 0.490 e. The number of halogens is 5. The minimum Gasteiger partial charge on any atom is -0.423 e. The molecule has 4 aromatic heterocycles. The van der Waals surface area contributed by atoms with Crippen LogP contribution in [0.25, 0.3) is 11.3 Å². The minimum atomic E-state index is -1.41. The molecular formula is C36H28BBrF4N6O4. The first-order valence-electron chi connectivity index (χ1n) is 15.2. The number of rotatable bonds is 8. The van der Waals surface area contributed by atoms with Crippen LogP contribution in [0.2, 0.25) is 0 Å². The van der Waals surface area contributed by atoms with E-state index in [1.54, 1.807) is 31.6 Å². The van der Waals surface area contributed by atoms with Crippen LogP contribution >= 0.6 is 15.9 Å². The molecule has 6 aromatic rings. The lowest BCUT2D eigenvalue weighted by Gasteiger charge is -2.06. The van der Waals surface area contributed by atoms with Crippen molar-refractivity contribution >= 4 is 40.1 Å². The van der Waals surface area contributed by atoms with Crippen LogP contribution in [0, 0.1) is 37.1 Å².